The maximum Gasteiger partial charge on any atom is 0.293 e. The molecule has 0 fully saturated rings. The molecule has 7 nitrogen and oxygen atoms in total. The molecule has 0 aromatic carbocycles. The molecule has 1 rings (SSSR count). The van der Waals surface area contributed by atoms with E-state index in [0.717, 1.165) is 0 Å². The summed E-state index contributed by atoms with van der Waals surface area (Å²) >= 11 is 0. The Balaban J connectivity index is 2.59. The van der Waals surface area contributed by atoms with Gasteiger partial charge >= 0.3 is 0 Å². The van der Waals surface area contributed by atoms with Gasteiger partial charge in [0.05, 0.1) is 7.05 Å². The van der Waals surface area contributed by atoms with Crippen LogP contribution in [0, 0.1) is 0 Å². The van der Waals surface area contributed by atoms with E-state index in [9.17, 15) is 4.79 Å². The molecule has 0 aliphatic heterocycles. The second-order valence-electron chi connectivity index (χ2n) is 3.22. The Morgan fingerprint density at radius 2 is 2.21 bits per heavy atom. The van der Waals surface area contributed by atoms with E-state index in [1.54, 1.807) is 7.05 Å². The van der Waals surface area contributed by atoms with Gasteiger partial charge in [0.2, 0.25) is 0 Å². The predicted molar refractivity (Wildman–Crippen MR) is 49.4 cm³/mol. The summed E-state index contributed by atoms with van der Waals surface area (Å²) in [5.74, 6) is -0.303. The van der Waals surface area contributed by atoms with E-state index in [0.29, 0.717) is 0 Å². The van der Waals surface area contributed by atoms with E-state index < -0.39 is 0 Å². The van der Waals surface area contributed by atoms with Gasteiger partial charge in [-0.2, -0.15) is 4.80 Å². The number of rotatable bonds is 3. The molecular weight excluding hydrogens is 184 g/mol. The zero-order valence-corrected chi connectivity index (χ0v) is 8.43. The van der Waals surface area contributed by atoms with E-state index in [1.165, 1.54) is 4.80 Å². The van der Waals surface area contributed by atoms with Crippen LogP contribution in [-0.2, 0) is 7.05 Å². The molecule has 1 aromatic heterocycles. The number of hydrogen-bond acceptors (Lipinski definition) is 5. The van der Waals surface area contributed by atoms with Crippen LogP contribution >= 0.6 is 0 Å². The minimum atomic E-state index is -0.358. The van der Waals surface area contributed by atoms with Gasteiger partial charge in [-0.05, 0) is 19.1 Å². The molecule has 0 saturated carbocycles. The van der Waals surface area contributed by atoms with Crippen molar-refractivity contribution in [3.63, 3.8) is 0 Å². The minimum Gasteiger partial charge on any atom is -0.345 e. The largest absolute Gasteiger partial charge is 0.345 e. The van der Waals surface area contributed by atoms with E-state index in [1.807, 2.05) is 13.8 Å². The lowest BCUT2D eigenvalue weighted by molar-refractivity contribution is 0.0925. The first-order valence-electron chi connectivity index (χ1n) is 4.31. The number of nitrogens with one attached hydrogen (secondary N) is 1. The molecule has 0 spiro atoms. The molecule has 7 heteroatoms. The van der Waals surface area contributed by atoms with Gasteiger partial charge in [-0.25, -0.2) is 0 Å². The van der Waals surface area contributed by atoms with Gasteiger partial charge < -0.3 is 11.1 Å². The standard InChI is InChI=1S/C7H14N6O/c1-4(8)5(2)9-7(14)6-10-12-13(3)11-6/h4-5H,8H2,1-3H3,(H,9,14). The highest BCUT2D eigenvalue weighted by Gasteiger charge is 2.16. The van der Waals surface area contributed by atoms with Crippen LogP contribution in [0.2, 0.25) is 0 Å². The van der Waals surface area contributed by atoms with Gasteiger partial charge in [0.25, 0.3) is 11.7 Å². The number of nitrogens with two attached hydrogens (primary N) is 1. The van der Waals surface area contributed by atoms with Crippen LogP contribution in [0.15, 0.2) is 0 Å². The van der Waals surface area contributed by atoms with E-state index >= 15 is 0 Å². The fourth-order valence-electron chi connectivity index (χ4n) is 0.778. The molecule has 2 atom stereocenters. The SMILES string of the molecule is CC(N)C(C)NC(=O)c1nnn(C)n1. The average Bonchev–Trinajstić information content (AvgIpc) is 2.51. The van der Waals surface area contributed by atoms with Gasteiger partial charge in [-0.1, -0.05) is 0 Å². The first kappa shape index (κ1) is 10.6. The highest BCUT2D eigenvalue weighted by molar-refractivity contribution is 5.90. The van der Waals surface area contributed by atoms with Crippen molar-refractivity contribution in [3.05, 3.63) is 5.82 Å². The number of carbonyl (C=O) groups excluding carboxylic acids is 1. The zero-order valence-electron chi connectivity index (χ0n) is 8.43. The average molecular weight is 198 g/mol. The fourth-order valence-corrected chi connectivity index (χ4v) is 0.778. The number of carbonyl (C=O) groups is 1. The molecule has 14 heavy (non-hydrogen) atoms. The van der Waals surface area contributed by atoms with Crippen molar-refractivity contribution in [1.82, 2.24) is 25.5 Å². The summed E-state index contributed by atoms with van der Waals surface area (Å²) in [6.07, 6.45) is 0. The van der Waals surface area contributed by atoms with Crippen molar-refractivity contribution in [2.75, 3.05) is 0 Å². The topological polar surface area (TPSA) is 98.7 Å². The molecule has 0 aliphatic rings. The molecule has 0 radical (unpaired) electrons. The van der Waals surface area contributed by atoms with Crippen LogP contribution in [0.25, 0.3) is 0 Å². The Morgan fingerprint density at radius 3 is 2.64 bits per heavy atom. The van der Waals surface area contributed by atoms with E-state index in [4.69, 9.17) is 5.73 Å². The summed E-state index contributed by atoms with van der Waals surface area (Å²) in [7, 11) is 1.60. The number of tetrazole rings is 1. The maximum atomic E-state index is 11.4. The van der Waals surface area contributed by atoms with E-state index in [-0.39, 0.29) is 23.8 Å². The van der Waals surface area contributed by atoms with Gasteiger partial charge in [-0.15, -0.1) is 10.2 Å². The Bertz CT molecular complexity index is 320. The number of hydrogen-bond donors (Lipinski definition) is 2. The molecule has 3 N–H and O–H groups in total. The first-order chi connectivity index (χ1) is 6.50. The third-order valence-corrected chi connectivity index (χ3v) is 1.86. The van der Waals surface area contributed by atoms with Crippen LogP contribution in [0.3, 0.4) is 0 Å². The van der Waals surface area contributed by atoms with Gasteiger partial charge in [0, 0.05) is 12.1 Å². The van der Waals surface area contributed by atoms with Crippen molar-refractivity contribution in [3.8, 4) is 0 Å². The zero-order chi connectivity index (χ0) is 10.7. The van der Waals surface area contributed by atoms with Gasteiger partial charge in [0.15, 0.2) is 0 Å². The molecule has 1 aromatic rings. The fraction of sp³-hybridized carbons (Fsp3) is 0.714. The summed E-state index contributed by atoms with van der Waals surface area (Å²) in [4.78, 5) is 12.7. The lowest BCUT2D eigenvalue weighted by atomic mass is 10.2. The molecule has 0 saturated heterocycles. The molecule has 78 valence electrons. The molecule has 1 amide bonds. The number of aromatic nitrogens is 4. The minimum absolute atomic E-state index is 0.0556. The molecule has 2 unspecified atom stereocenters. The molecule has 0 bridgehead atoms. The number of aryl methyl sites for hydroxylation is 1. The summed E-state index contributed by atoms with van der Waals surface area (Å²) < 4.78 is 0. The van der Waals surface area contributed by atoms with Crippen molar-refractivity contribution >= 4 is 5.91 Å². The monoisotopic (exact) mass is 198 g/mol. The van der Waals surface area contributed by atoms with Crippen molar-refractivity contribution < 1.29 is 4.79 Å². The first-order valence-corrected chi connectivity index (χ1v) is 4.31. The summed E-state index contributed by atoms with van der Waals surface area (Å²) in [5, 5.41) is 13.6. The molecule has 0 aliphatic carbocycles. The summed E-state index contributed by atoms with van der Waals surface area (Å²) in [6, 6.07) is -0.234. The van der Waals surface area contributed by atoms with Crippen molar-refractivity contribution in [2.24, 2.45) is 12.8 Å². The smallest absolute Gasteiger partial charge is 0.293 e. The van der Waals surface area contributed by atoms with Crippen LogP contribution in [0.4, 0.5) is 0 Å². The Morgan fingerprint density at radius 1 is 1.57 bits per heavy atom. The Hall–Kier alpha value is -1.50. The second-order valence-corrected chi connectivity index (χ2v) is 3.22. The Labute approximate surface area is 81.7 Å². The predicted octanol–water partition coefficient (Wildman–Crippen LogP) is -1.32. The van der Waals surface area contributed by atoms with Crippen LogP contribution < -0.4 is 11.1 Å². The lowest BCUT2D eigenvalue weighted by Crippen LogP contribution is -2.44. The third kappa shape index (κ3) is 2.49. The lowest BCUT2D eigenvalue weighted by Gasteiger charge is -2.15. The van der Waals surface area contributed by atoms with Crippen molar-refractivity contribution in [1.29, 1.82) is 0 Å². The highest BCUT2D eigenvalue weighted by Crippen LogP contribution is 1.91. The molecule has 1 heterocycles. The summed E-state index contributed by atoms with van der Waals surface area (Å²) in [5.41, 5.74) is 5.59. The second kappa shape index (κ2) is 4.14. The maximum absolute atomic E-state index is 11.4. The van der Waals surface area contributed by atoms with Crippen molar-refractivity contribution in [2.45, 2.75) is 25.9 Å². The highest BCUT2D eigenvalue weighted by atomic mass is 16.2. The van der Waals surface area contributed by atoms with E-state index in [2.05, 4.69) is 20.7 Å². The van der Waals surface area contributed by atoms with Gasteiger partial charge in [0.1, 0.15) is 0 Å². The summed E-state index contributed by atoms with van der Waals surface area (Å²) in [6.45, 7) is 3.63. The molecular formula is C7H14N6O. The van der Waals surface area contributed by atoms with Gasteiger partial charge in [-0.3, -0.25) is 4.79 Å². The number of nitrogens with zero attached hydrogens (tertiary/aromatic N) is 4. The van der Waals surface area contributed by atoms with Crippen LogP contribution in [0.5, 0.6) is 0 Å². The van der Waals surface area contributed by atoms with Crippen LogP contribution in [0.1, 0.15) is 24.5 Å². The normalized spacial score (nSPS) is 14.9. The number of amides is 1. The third-order valence-electron chi connectivity index (χ3n) is 1.86. The quantitative estimate of drug-likeness (QED) is 0.627. The Kier molecular flexibility index (Phi) is 3.13. The van der Waals surface area contributed by atoms with Crippen LogP contribution in [-0.4, -0.2) is 38.2 Å².